The number of hydrogen-bond donors (Lipinski definition) is 1. The fraction of sp³-hybridized carbons (Fsp3) is 0.375. The molecule has 1 amide bonds. The first kappa shape index (κ1) is 18.5. The fourth-order valence-electron chi connectivity index (χ4n) is 2.35. The van der Waals surface area contributed by atoms with Crippen LogP contribution in [0.1, 0.15) is 35.1 Å². The van der Waals surface area contributed by atoms with Crippen LogP contribution in [0.3, 0.4) is 0 Å². The lowest BCUT2D eigenvalue weighted by Crippen LogP contribution is -2.36. The lowest BCUT2D eigenvalue weighted by atomic mass is 10.2. The molecule has 0 saturated carbocycles. The number of carboxylic acids is 1. The van der Waals surface area contributed by atoms with Gasteiger partial charge < -0.3 is 10.0 Å². The van der Waals surface area contributed by atoms with Crippen molar-refractivity contribution in [2.24, 2.45) is 0 Å². The topological polar surface area (TPSA) is 88.3 Å². The highest BCUT2D eigenvalue weighted by molar-refractivity contribution is 5.94. The van der Waals surface area contributed by atoms with E-state index >= 15 is 0 Å². The van der Waals surface area contributed by atoms with Gasteiger partial charge in [-0.05, 0) is 19.4 Å². The Morgan fingerprint density at radius 1 is 1.32 bits per heavy atom. The van der Waals surface area contributed by atoms with Gasteiger partial charge in [-0.3, -0.25) is 9.59 Å². The summed E-state index contributed by atoms with van der Waals surface area (Å²) in [7, 11) is 0. The summed E-state index contributed by atoms with van der Waals surface area (Å²) >= 11 is 0. The predicted molar refractivity (Wildman–Crippen MR) is 84.0 cm³/mol. The third-order valence-electron chi connectivity index (χ3n) is 3.63. The van der Waals surface area contributed by atoms with Gasteiger partial charge in [0, 0.05) is 18.2 Å². The van der Waals surface area contributed by atoms with E-state index in [1.54, 1.807) is 6.92 Å². The second-order valence-electron chi connectivity index (χ2n) is 5.54. The molecule has 1 aromatic carbocycles. The molecule has 7 nitrogen and oxygen atoms in total. The molecule has 0 aliphatic carbocycles. The van der Waals surface area contributed by atoms with Gasteiger partial charge in [0.2, 0.25) is 0 Å². The van der Waals surface area contributed by atoms with Crippen LogP contribution in [0.2, 0.25) is 0 Å². The highest BCUT2D eigenvalue weighted by Crippen LogP contribution is 2.14. The van der Waals surface area contributed by atoms with Crippen LogP contribution in [-0.4, -0.2) is 50.0 Å². The molecule has 0 spiro atoms. The van der Waals surface area contributed by atoms with E-state index in [1.807, 2.05) is 6.92 Å². The van der Waals surface area contributed by atoms with Crippen LogP contribution in [0.15, 0.2) is 18.2 Å². The number of carboxylic acid groups (broad SMARTS) is 1. The van der Waals surface area contributed by atoms with Crippen LogP contribution in [0.5, 0.6) is 0 Å². The number of nitrogens with zero attached hydrogens (tertiary/aromatic N) is 4. The largest absolute Gasteiger partial charge is 0.480 e. The van der Waals surface area contributed by atoms with E-state index in [0.29, 0.717) is 12.1 Å². The van der Waals surface area contributed by atoms with Crippen LogP contribution < -0.4 is 0 Å². The molecule has 0 aliphatic heterocycles. The minimum absolute atomic E-state index is 0.0113. The van der Waals surface area contributed by atoms with Crippen LogP contribution in [0.25, 0.3) is 0 Å². The Balaban J connectivity index is 2.24. The van der Waals surface area contributed by atoms with Gasteiger partial charge in [-0.15, -0.1) is 5.10 Å². The van der Waals surface area contributed by atoms with E-state index in [-0.39, 0.29) is 24.3 Å². The van der Waals surface area contributed by atoms with Crippen LogP contribution in [0.4, 0.5) is 8.78 Å². The Morgan fingerprint density at radius 2 is 2.04 bits per heavy atom. The van der Waals surface area contributed by atoms with Gasteiger partial charge in [-0.25, -0.2) is 13.5 Å². The van der Waals surface area contributed by atoms with Crippen molar-refractivity contribution in [2.75, 3.05) is 13.1 Å². The summed E-state index contributed by atoms with van der Waals surface area (Å²) in [5.74, 6) is -3.08. The number of amides is 1. The van der Waals surface area contributed by atoms with Gasteiger partial charge >= 0.3 is 5.97 Å². The third-order valence-corrected chi connectivity index (χ3v) is 3.63. The predicted octanol–water partition coefficient (Wildman–Crippen LogP) is 1.85. The lowest BCUT2D eigenvalue weighted by Gasteiger charge is -2.18. The number of carbonyl (C=O) groups excluding carboxylic acids is 1. The SMILES string of the molecule is CCCN(CC(=O)O)C(=O)c1nnn(Cc2ccc(F)cc2F)c1C. The maximum Gasteiger partial charge on any atom is 0.323 e. The third kappa shape index (κ3) is 4.37. The van der Waals surface area contributed by atoms with Crippen molar-refractivity contribution in [3.8, 4) is 0 Å². The molecule has 0 atom stereocenters. The van der Waals surface area contributed by atoms with Gasteiger partial charge in [-0.2, -0.15) is 0 Å². The van der Waals surface area contributed by atoms with E-state index in [9.17, 15) is 18.4 Å². The van der Waals surface area contributed by atoms with Gasteiger partial charge in [0.15, 0.2) is 5.69 Å². The normalized spacial score (nSPS) is 10.7. The monoisotopic (exact) mass is 352 g/mol. The van der Waals surface area contributed by atoms with Crippen molar-refractivity contribution < 1.29 is 23.5 Å². The number of rotatable bonds is 7. The Hall–Kier alpha value is -2.84. The van der Waals surface area contributed by atoms with Crippen molar-refractivity contribution in [2.45, 2.75) is 26.8 Å². The van der Waals surface area contributed by atoms with E-state index in [2.05, 4.69) is 10.3 Å². The molecule has 0 aliphatic rings. The summed E-state index contributed by atoms with van der Waals surface area (Å²) in [6, 6.07) is 3.19. The molecule has 1 N–H and O–H groups in total. The summed E-state index contributed by atoms with van der Waals surface area (Å²) in [6.07, 6.45) is 0.590. The molecule has 1 aromatic heterocycles. The highest BCUT2D eigenvalue weighted by Gasteiger charge is 2.24. The Morgan fingerprint density at radius 3 is 2.64 bits per heavy atom. The zero-order valence-electron chi connectivity index (χ0n) is 13.9. The summed E-state index contributed by atoms with van der Waals surface area (Å²) in [6.45, 7) is 3.21. The molecule has 9 heteroatoms. The average Bonchev–Trinajstić information content (AvgIpc) is 2.89. The number of hydrogen-bond acceptors (Lipinski definition) is 4. The smallest absolute Gasteiger partial charge is 0.323 e. The molecule has 1 heterocycles. The molecule has 2 aromatic rings. The van der Waals surface area contributed by atoms with Gasteiger partial charge in [0.05, 0.1) is 12.2 Å². The molecule has 25 heavy (non-hydrogen) atoms. The lowest BCUT2D eigenvalue weighted by molar-refractivity contribution is -0.137. The second-order valence-corrected chi connectivity index (χ2v) is 5.54. The molecule has 0 bridgehead atoms. The maximum absolute atomic E-state index is 13.8. The maximum atomic E-state index is 13.8. The highest BCUT2D eigenvalue weighted by atomic mass is 19.1. The first-order chi connectivity index (χ1) is 11.8. The first-order valence-corrected chi connectivity index (χ1v) is 7.68. The number of aliphatic carboxylic acids is 1. The van der Waals surface area contributed by atoms with Crippen LogP contribution in [-0.2, 0) is 11.3 Å². The first-order valence-electron chi connectivity index (χ1n) is 7.68. The number of aromatic nitrogens is 3. The molecule has 2 rings (SSSR count). The Labute approximate surface area is 142 Å². The summed E-state index contributed by atoms with van der Waals surface area (Å²) in [5, 5.41) is 16.6. The fourth-order valence-corrected chi connectivity index (χ4v) is 2.35. The second kappa shape index (κ2) is 7.82. The van der Waals surface area contributed by atoms with E-state index in [4.69, 9.17) is 5.11 Å². The van der Waals surface area contributed by atoms with E-state index in [0.717, 1.165) is 12.1 Å². The zero-order valence-corrected chi connectivity index (χ0v) is 13.9. The van der Waals surface area contributed by atoms with Crippen molar-refractivity contribution in [3.05, 3.63) is 46.8 Å². The van der Waals surface area contributed by atoms with Gasteiger partial charge in [0.25, 0.3) is 5.91 Å². The minimum atomic E-state index is -1.12. The van der Waals surface area contributed by atoms with E-state index < -0.39 is 30.1 Å². The number of halogens is 2. The molecule has 134 valence electrons. The van der Waals surface area contributed by atoms with Crippen LogP contribution in [0, 0.1) is 18.6 Å². The van der Waals surface area contributed by atoms with Gasteiger partial charge in [0.1, 0.15) is 18.2 Å². The standard InChI is InChI=1S/C16H18F2N4O3/c1-3-6-21(9-14(23)24)16(25)15-10(2)22(20-19-15)8-11-4-5-12(17)7-13(11)18/h4-5,7H,3,6,8-9H2,1-2H3,(H,23,24). The Bertz CT molecular complexity index is 792. The van der Waals surface area contributed by atoms with E-state index in [1.165, 1.54) is 15.6 Å². The average molecular weight is 352 g/mol. The Kier molecular flexibility index (Phi) is 5.79. The summed E-state index contributed by atoms with van der Waals surface area (Å²) in [4.78, 5) is 24.6. The molecular formula is C16H18F2N4O3. The molecule has 0 saturated heterocycles. The minimum Gasteiger partial charge on any atom is -0.480 e. The molecule has 0 radical (unpaired) electrons. The van der Waals surface area contributed by atoms with Crippen molar-refractivity contribution in [1.29, 1.82) is 0 Å². The number of benzene rings is 1. The summed E-state index contributed by atoms with van der Waals surface area (Å²) in [5.41, 5.74) is 0.585. The molecule has 0 fully saturated rings. The molecule has 0 unspecified atom stereocenters. The summed E-state index contributed by atoms with van der Waals surface area (Å²) < 4.78 is 28.0. The van der Waals surface area contributed by atoms with Crippen molar-refractivity contribution in [3.63, 3.8) is 0 Å². The zero-order chi connectivity index (χ0) is 18.6. The molecular weight excluding hydrogens is 334 g/mol. The van der Waals surface area contributed by atoms with Crippen molar-refractivity contribution in [1.82, 2.24) is 19.9 Å². The van der Waals surface area contributed by atoms with Crippen molar-refractivity contribution >= 4 is 11.9 Å². The van der Waals surface area contributed by atoms with Crippen LogP contribution >= 0.6 is 0 Å². The van der Waals surface area contributed by atoms with Gasteiger partial charge in [-0.1, -0.05) is 18.2 Å². The quantitative estimate of drug-likeness (QED) is 0.822. The number of carbonyl (C=O) groups is 2.